The summed E-state index contributed by atoms with van der Waals surface area (Å²) in [6.07, 6.45) is 0.757. The van der Waals surface area contributed by atoms with E-state index in [4.69, 9.17) is 9.47 Å². The zero-order valence-corrected chi connectivity index (χ0v) is 19.1. The molecule has 9 nitrogen and oxygen atoms in total. The van der Waals surface area contributed by atoms with Gasteiger partial charge in [-0.1, -0.05) is 0 Å². The Balaban J connectivity index is 1.98. The molecule has 0 aromatic carbocycles. The monoisotopic (exact) mass is 436 g/mol. The number of hydrogen-bond donors (Lipinski definition) is 0. The van der Waals surface area contributed by atoms with E-state index in [0.717, 1.165) is 5.69 Å². The van der Waals surface area contributed by atoms with Gasteiger partial charge in [-0.15, -0.1) is 0 Å². The fourth-order valence-electron chi connectivity index (χ4n) is 3.59. The smallest absolute Gasteiger partial charge is 0.411 e. The van der Waals surface area contributed by atoms with Crippen LogP contribution in [-0.2, 0) is 30.3 Å². The topological polar surface area (TPSA) is 104 Å². The molecule has 1 saturated heterocycles. The zero-order valence-electron chi connectivity index (χ0n) is 19.1. The lowest BCUT2D eigenvalue weighted by molar-refractivity contribution is -0.147. The first-order chi connectivity index (χ1) is 14.4. The number of nitrogens with zero attached hydrogens (tertiary/aromatic N) is 2. The average molecular weight is 437 g/mol. The lowest BCUT2D eigenvalue weighted by atomic mass is 10.1. The quantitative estimate of drug-likeness (QED) is 0.368. The molecule has 1 aliphatic rings. The van der Waals surface area contributed by atoms with Gasteiger partial charge in [-0.05, 0) is 53.5 Å². The summed E-state index contributed by atoms with van der Waals surface area (Å²) in [6.45, 7) is 9.27. The molecule has 9 heteroatoms. The lowest BCUT2D eigenvalue weighted by Gasteiger charge is -2.27. The standard InChI is InChI=1S/C22H32N2O7/c1-14-12-16(15(2)23(14)11-9-19(26)29-6)18(25)13-30-20(27)17-8-7-10-24(17)21(28)31-22(3,4)5/h12,17H,7-11,13H2,1-6H3. The third-order valence-electron chi connectivity index (χ3n) is 5.14. The molecule has 31 heavy (non-hydrogen) atoms. The molecular formula is C22H32N2O7. The Labute approximate surface area is 182 Å². The maximum absolute atomic E-state index is 12.7. The molecule has 0 N–H and O–H groups in total. The van der Waals surface area contributed by atoms with Crippen LogP contribution in [0.3, 0.4) is 0 Å². The van der Waals surface area contributed by atoms with Crippen molar-refractivity contribution < 1.29 is 33.4 Å². The second-order valence-electron chi connectivity index (χ2n) is 8.63. The van der Waals surface area contributed by atoms with E-state index in [1.54, 1.807) is 33.8 Å². The third kappa shape index (κ3) is 6.32. The van der Waals surface area contributed by atoms with Crippen molar-refractivity contribution in [2.45, 2.75) is 72.1 Å². The number of Topliss-reactive ketones (excluding diaryl/α,β-unsaturated/α-hetero) is 1. The Morgan fingerprint density at radius 3 is 2.45 bits per heavy atom. The van der Waals surface area contributed by atoms with Crippen molar-refractivity contribution in [2.75, 3.05) is 20.3 Å². The summed E-state index contributed by atoms with van der Waals surface area (Å²) in [5.74, 6) is -1.29. The summed E-state index contributed by atoms with van der Waals surface area (Å²) >= 11 is 0. The molecule has 1 fully saturated rings. The predicted octanol–water partition coefficient (Wildman–Crippen LogP) is 2.79. The van der Waals surface area contributed by atoms with Crippen LogP contribution >= 0.6 is 0 Å². The van der Waals surface area contributed by atoms with Crippen molar-refractivity contribution in [1.29, 1.82) is 0 Å². The lowest BCUT2D eigenvalue weighted by Crippen LogP contribution is -2.44. The molecule has 1 atom stereocenters. The van der Waals surface area contributed by atoms with Gasteiger partial charge in [0, 0.05) is 30.0 Å². The largest absolute Gasteiger partial charge is 0.469 e. The van der Waals surface area contributed by atoms with Crippen LogP contribution < -0.4 is 0 Å². The molecule has 1 aliphatic heterocycles. The van der Waals surface area contributed by atoms with E-state index in [0.29, 0.717) is 37.2 Å². The van der Waals surface area contributed by atoms with Crippen LogP contribution in [0.25, 0.3) is 0 Å². The van der Waals surface area contributed by atoms with Crippen molar-refractivity contribution in [1.82, 2.24) is 9.47 Å². The van der Waals surface area contributed by atoms with Crippen molar-refractivity contribution >= 4 is 23.8 Å². The van der Waals surface area contributed by atoms with E-state index in [2.05, 4.69) is 4.74 Å². The van der Waals surface area contributed by atoms with Crippen LogP contribution in [0.4, 0.5) is 4.79 Å². The Hall–Kier alpha value is -2.84. The highest BCUT2D eigenvalue weighted by Gasteiger charge is 2.38. The van der Waals surface area contributed by atoms with Gasteiger partial charge in [0.1, 0.15) is 11.6 Å². The summed E-state index contributed by atoms with van der Waals surface area (Å²) < 4.78 is 17.1. The second kappa shape index (κ2) is 9.98. The van der Waals surface area contributed by atoms with Crippen molar-refractivity contribution in [2.24, 2.45) is 0 Å². The first-order valence-electron chi connectivity index (χ1n) is 10.4. The number of amides is 1. The molecule has 2 rings (SSSR count). The van der Waals surface area contributed by atoms with E-state index in [9.17, 15) is 19.2 Å². The van der Waals surface area contributed by atoms with Crippen LogP contribution in [-0.4, -0.2) is 65.2 Å². The summed E-state index contributed by atoms with van der Waals surface area (Å²) in [6, 6.07) is 0.959. The molecule has 0 bridgehead atoms. The van der Waals surface area contributed by atoms with E-state index < -0.39 is 30.3 Å². The molecule has 172 valence electrons. The van der Waals surface area contributed by atoms with E-state index in [-0.39, 0.29) is 18.2 Å². The second-order valence-corrected chi connectivity index (χ2v) is 8.63. The minimum Gasteiger partial charge on any atom is -0.469 e. The number of esters is 2. The van der Waals surface area contributed by atoms with Gasteiger partial charge in [0.2, 0.25) is 5.78 Å². The highest BCUT2D eigenvalue weighted by atomic mass is 16.6. The number of rotatable bonds is 7. The highest BCUT2D eigenvalue weighted by Crippen LogP contribution is 2.22. The number of aromatic nitrogens is 1. The number of likely N-dealkylation sites (tertiary alicyclic amines) is 1. The SMILES string of the molecule is COC(=O)CCn1c(C)cc(C(=O)COC(=O)C2CCCN2C(=O)OC(C)(C)C)c1C. The Bertz CT molecular complexity index is 851. The van der Waals surface area contributed by atoms with Gasteiger partial charge in [-0.2, -0.15) is 0 Å². The fraction of sp³-hybridized carbons (Fsp3) is 0.636. The summed E-state index contributed by atoms with van der Waals surface area (Å²) in [7, 11) is 1.33. The van der Waals surface area contributed by atoms with Gasteiger partial charge in [0.05, 0.1) is 13.5 Å². The van der Waals surface area contributed by atoms with Crippen LogP contribution in [0.2, 0.25) is 0 Å². The number of carbonyl (C=O) groups excluding carboxylic acids is 4. The van der Waals surface area contributed by atoms with Gasteiger partial charge in [0.15, 0.2) is 6.61 Å². The molecule has 0 aliphatic carbocycles. The minimum atomic E-state index is -0.755. The maximum atomic E-state index is 12.7. The van der Waals surface area contributed by atoms with Gasteiger partial charge in [-0.3, -0.25) is 14.5 Å². The number of carbonyl (C=O) groups is 4. The van der Waals surface area contributed by atoms with Crippen LogP contribution in [0.1, 0.15) is 61.8 Å². The molecule has 0 spiro atoms. The first kappa shape index (κ1) is 24.4. The highest BCUT2D eigenvalue weighted by molar-refractivity contribution is 5.99. The number of hydrogen-bond acceptors (Lipinski definition) is 7. The number of ketones is 1. The van der Waals surface area contributed by atoms with E-state index >= 15 is 0 Å². The van der Waals surface area contributed by atoms with E-state index in [1.165, 1.54) is 12.0 Å². The molecule has 1 unspecified atom stereocenters. The Morgan fingerprint density at radius 1 is 1.16 bits per heavy atom. The fourth-order valence-corrected chi connectivity index (χ4v) is 3.59. The Kier molecular flexibility index (Phi) is 7.86. The molecule has 1 aromatic heterocycles. The van der Waals surface area contributed by atoms with Crippen molar-refractivity contribution in [3.05, 3.63) is 23.0 Å². The molecule has 0 saturated carbocycles. The average Bonchev–Trinajstić information content (AvgIpc) is 3.28. The maximum Gasteiger partial charge on any atom is 0.411 e. The molecule has 2 heterocycles. The normalized spacial score (nSPS) is 16.2. The summed E-state index contributed by atoms with van der Waals surface area (Å²) in [5.41, 5.74) is 1.28. The summed E-state index contributed by atoms with van der Waals surface area (Å²) in [5, 5.41) is 0. The van der Waals surface area contributed by atoms with Crippen molar-refractivity contribution in [3.8, 4) is 0 Å². The van der Waals surface area contributed by atoms with Crippen LogP contribution in [0.15, 0.2) is 6.07 Å². The molecular weight excluding hydrogens is 404 g/mol. The van der Waals surface area contributed by atoms with E-state index in [1.807, 2.05) is 11.5 Å². The Morgan fingerprint density at radius 2 is 1.84 bits per heavy atom. The number of aryl methyl sites for hydroxylation is 1. The van der Waals surface area contributed by atoms with Gasteiger partial charge >= 0.3 is 18.0 Å². The van der Waals surface area contributed by atoms with Crippen molar-refractivity contribution in [3.63, 3.8) is 0 Å². The van der Waals surface area contributed by atoms with Gasteiger partial charge < -0.3 is 18.8 Å². The number of methoxy groups -OCH3 is 1. The molecule has 1 amide bonds. The van der Waals surface area contributed by atoms with Gasteiger partial charge in [-0.25, -0.2) is 9.59 Å². The zero-order chi connectivity index (χ0) is 23.3. The third-order valence-corrected chi connectivity index (χ3v) is 5.14. The molecule has 0 radical (unpaired) electrons. The first-order valence-corrected chi connectivity index (χ1v) is 10.4. The minimum absolute atomic E-state index is 0.192. The summed E-state index contributed by atoms with van der Waals surface area (Å²) in [4.78, 5) is 50.3. The number of ether oxygens (including phenoxy) is 3. The van der Waals surface area contributed by atoms with Crippen LogP contribution in [0.5, 0.6) is 0 Å². The molecule has 1 aromatic rings. The van der Waals surface area contributed by atoms with Gasteiger partial charge in [0.25, 0.3) is 0 Å². The predicted molar refractivity (Wildman–Crippen MR) is 112 cm³/mol. The van der Waals surface area contributed by atoms with Crippen LogP contribution in [0, 0.1) is 13.8 Å².